The largest absolute Gasteiger partial charge is 0.359 e. The van der Waals surface area contributed by atoms with Crippen molar-refractivity contribution >= 4 is 5.91 Å². The van der Waals surface area contributed by atoms with Crippen LogP contribution in [-0.4, -0.2) is 13.0 Å². The first-order valence-electron chi connectivity index (χ1n) is 10.1. The number of carbonyl (C=O) groups is 1. The molecule has 0 heterocycles. The van der Waals surface area contributed by atoms with Crippen LogP contribution < -0.4 is 5.32 Å². The molecular formula is C23H39NO. The molecule has 0 atom stereocenters. The predicted molar refractivity (Wildman–Crippen MR) is 112 cm³/mol. The van der Waals surface area contributed by atoms with Gasteiger partial charge in [0.25, 0.3) is 0 Å². The average Bonchev–Trinajstić information content (AvgIpc) is 2.63. The van der Waals surface area contributed by atoms with E-state index in [1.54, 1.807) is 7.05 Å². The first-order valence-corrected chi connectivity index (χ1v) is 10.1. The third kappa shape index (κ3) is 20.4. The summed E-state index contributed by atoms with van der Waals surface area (Å²) in [4.78, 5) is 11.0. The molecule has 2 heteroatoms. The van der Waals surface area contributed by atoms with Crippen LogP contribution in [0.4, 0.5) is 0 Å². The van der Waals surface area contributed by atoms with Crippen LogP contribution >= 0.6 is 0 Å². The zero-order valence-electron chi connectivity index (χ0n) is 16.5. The van der Waals surface area contributed by atoms with Gasteiger partial charge in [-0.2, -0.15) is 0 Å². The molecule has 1 amide bonds. The first kappa shape index (κ1) is 23.4. The van der Waals surface area contributed by atoms with Crippen molar-refractivity contribution in [2.45, 2.75) is 84.0 Å². The van der Waals surface area contributed by atoms with Crippen molar-refractivity contribution in [1.29, 1.82) is 0 Å². The fourth-order valence-corrected chi connectivity index (χ4v) is 2.43. The van der Waals surface area contributed by atoms with Crippen LogP contribution in [-0.2, 0) is 4.79 Å². The van der Waals surface area contributed by atoms with E-state index in [-0.39, 0.29) is 5.91 Å². The quantitative estimate of drug-likeness (QED) is 0.246. The smallest absolute Gasteiger partial charge is 0.220 e. The number of unbranched alkanes of at least 4 members (excludes halogenated alkanes) is 6. The fourth-order valence-electron chi connectivity index (χ4n) is 2.43. The van der Waals surface area contributed by atoms with Crippen molar-refractivity contribution < 1.29 is 4.79 Å². The molecule has 0 bridgehead atoms. The fraction of sp³-hybridized carbons (Fsp3) is 0.609. The molecule has 25 heavy (non-hydrogen) atoms. The van der Waals surface area contributed by atoms with Crippen LogP contribution in [0.2, 0.25) is 0 Å². The van der Waals surface area contributed by atoms with Gasteiger partial charge in [-0.3, -0.25) is 4.79 Å². The van der Waals surface area contributed by atoms with E-state index in [1.807, 2.05) is 0 Å². The van der Waals surface area contributed by atoms with Gasteiger partial charge in [-0.25, -0.2) is 0 Å². The summed E-state index contributed by atoms with van der Waals surface area (Å²) in [5.74, 6) is 0.103. The molecule has 0 unspecified atom stereocenters. The van der Waals surface area contributed by atoms with Gasteiger partial charge in [0.2, 0.25) is 5.91 Å². The number of carbonyl (C=O) groups excluding carboxylic acids is 1. The van der Waals surface area contributed by atoms with Crippen LogP contribution in [0.25, 0.3) is 0 Å². The Bertz CT molecular complexity index is 404. The lowest BCUT2D eigenvalue weighted by Crippen LogP contribution is -2.16. The summed E-state index contributed by atoms with van der Waals surface area (Å²) in [6, 6.07) is 0. The van der Waals surface area contributed by atoms with E-state index in [2.05, 4.69) is 60.8 Å². The molecule has 2 nitrogen and oxygen atoms in total. The SMILES string of the molecule is CCCCCCCC/C=C\C/C=C\C/C=C\C/C=C\CCC(=O)NC. The van der Waals surface area contributed by atoms with Gasteiger partial charge in [0, 0.05) is 13.5 Å². The molecule has 0 saturated carbocycles. The van der Waals surface area contributed by atoms with Gasteiger partial charge in [-0.1, -0.05) is 87.6 Å². The molecule has 0 aliphatic carbocycles. The molecule has 0 aliphatic rings. The zero-order chi connectivity index (χ0) is 18.4. The monoisotopic (exact) mass is 345 g/mol. The molecular weight excluding hydrogens is 306 g/mol. The third-order valence-corrected chi connectivity index (χ3v) is 4.02. The lowest BCUT2D eigenvalue weighted by Gasteiger charge is -1.97. The second-order valence-corrected chi connectivity index (χ2v) is 6.36. The summed E-state index contributed by atoms with van der Waals surface area (Å²) in [6.45, 7) is 2.26. The van der Waals surface area contributed by atoms with Crippen molar-refractivity contribution in [1.82, 2.24) is 5.32 Å². The van der Waals surface area contributed by atoms with Crippen LogP contribution in [0, 0.1) is 0 Å². The minimum Gasteiger partial charge on any atom is -0.359 e. The highest BCUT2D eigenvalue weighted by atomic mass is 16.1. The van der Waals surface area contributed by atoms with E-state index in [1.165, 1.54) is 44.9 Å². The van der Waals surface area contributed by atoms with E-state index in [0.29, 0.717) is 6.42 Å². The van der Waals surface area contributed by atoms with Crippen molar-refractivity contribution in [3.63, 3.8) is 0 Å². The Hall–Kier alpha value is -1.57. The summed E-state index contributed by atoms with van der Waals surface area (Å²) < 4.78 is 0. The van der Waals surface area contributed by atoms with Crippen LogP contribution in [0.3, 0.4) is 0 Å². The predicted octanol–water partition coefficient (Wildman–Crippen LogP) is 6.66. The lowest BCUT2D eigenvalue weighted by atomic mass is 10.1. The third-order valence-electron chi connectivity index (χ3n) is 4.02. The topological polar surface area (TPSA) is 29.1 Å². The minimum atomic E-state index is 0.103. The molecule has 0 saturated heterocycles. The highest BCUT2D eigenvalue weighted by Gasteiger charge is 1.92. The summed E-state index contributed by atoms with van der Waals surface area (Å²) in [6.07, 6.45) is 31.5. The maximum atomic E-state index is 11.0. The molecule has 0 aromatic heterocycles. The Balaban J connectivity index is 3.40. The van der Waals surface area contributed by atoms with Crippen molar-refractivity contribution in [3.8, 4) is 0 Å². The molecule has 0 fully saturated rings. The van der Waals surface area contributed by atoms with E-state index in [9.17, 15) is 4.79 Å². The van der Waals surface area contributed by atoms with Crippen LogP contribution in [0.15, 0.2) is 48.6 Å². The van der Waals surface area contributed by atoms with Crippen LogP contribution in [0.1, 0.15) is 84.0 Å². The number of hydrogen-bond donors (Lipinski definition) is 1. The summed E-state index contributed by atoms with van der Waals surface area (Å²) in [5, 5.41) is 2.62. The Morgan fingerprint density at radius 2 is 1.16 bits per heavy atom. The van der Waals surface area contributed by atoms with Gasteiger partial charge in [0.1, 0.15) is 0 Å². The minimum absolute atomic E-state index is 0.103. The second-order valence-electron chi connectivity index (χ2n) is 6.36. The highest BCUT2D eigenvalue weighted by Crippen LogP contribution is 2.07. The number of hydrogen-bond acceptors (Lipinski definition) is 1. The number of amides is 1. The Morgan fingerprint density at radius 3 is 1.72 bits per heavy atom. The van der Waals surface area contributed by atoms with Crippen molar-refractivity contribution in [2.24, 2.45) is 0 Å². The number of allylic oxidation sites excluding steroid dienone is 8. The zero-order valence-corrected chi connectivity index (χ0v) is 16.5. The summed E-state index contributed by atoms with van der Waals surface area (Å²) >= 11 is 0. The molecule has 0 aromatic rings. The number of rotatable bonds is 16. The van der Waals surface area contributed by atoms with Crippen molar-refractivity contribution in [3.05, 3.63) is 48.6 Å². The van der Waals surface area contributed by atoms with Crippen molar-refractivity contribution in [2.75, 3.05) is 7.05 Å². The van der Waals surface area contributed by atoms with E-state index in [0.717, 1.165) is 25.7 Å². The molecule has 1 N–H and O–H groups in total. The van der Waals surface area contributed by atoms with Gasteiger partial charge >= 0.3 is 0 Å². The Labute approximate surface area is 156 Å². The molecule has 0 aromatic carbocycles. The Morgan fingerprint density at radius 1 is 0.680 bits per heavy atom. The average molecular weight is 346 g/mol. The summed E-state index contributed by atoms with van der Waals surface area (Å²) in [7, 11) is 1.67. The van der Waals surface area contributed by atoms with Gasteiger partial charge in [0.15, 0.2) is 0 Å². The first-order chi connectivity index (χ1) is 12.3. The van der Waals surface area contributed by atoms with Gasteiger partial charge in [-0.15, -0.1) is 0 Å². The van der Waals surface area contributed by atoms with Gasteiger partial charge in [0.05, 0.1) is 0 Å². The highest BCUT2D eigenvalue weighted by molar-refractivity contribution is 5.75. The van der Waals surface area contributed by atoms with E-state index >= 15 is 0 Å². The standard InChI is InChI=1S/C23H39NO/c1-3-4-5-6-7-8-9-10-11-12-13-14-15-16-17-18-19-20-21-22-23(25)24-2/h10-11,13-14,16-17,19-20H,3-9,12,15,18,21-22H2,1-2H3,(H,24,25)/b11-10-,14-13-,17-16-,20-19-. The Kier molecular flexibility index (Phi) is 19.2. The van der Waals surface area contributed by atoms with E-state index in [4.69, 9.17) is 0 Å². The lowest BCUT2D eigenvalue weighted by molar-refractivity contribution is -0.120. The second kappa shape index (κ2) is 20.5. The van der Waals surface area contributed by atoms with E-state index < -0.39 is 0 Å². The number of nitrogens with one attached hydrogen (secondary N) is 1. The maximum Gasteiger partial charge on any atom is 0.220 e. The maximum absolute atomic E-state index is 11.0. The van der Waals surface area contributed by atoms with Gasteiger partial charge in [-0.05, 0) is 38.5 Å². The van der Waals surface area contributed by atoms with Gasteiger partial charge < -0.3 is 5.32 Å². The summed E-state index contributed by atoms with van der Waals surface area (Å²) in [5.41, 5.74) is 0. The normalized spacial score (nSPS) is 12.2. The van der Waals surface area contributed by atoms with Crippen LogP contribution in [0.5, 0.6) is 0 Å². The molecule has 0 spiro atoms. The molecule has 142 valence electrons. The molecule has 0 aliphatic heterocycles. The molecule has 0 rings (SSSR count). The molecule has 0 radical (unpaired) electrons.